The molecule has 2 unspecified atom stereocenters. The molecule has 0 aliphatic heterocycles. The largest absolute Gasteiger partial charge is 0.374 e. The fraction of sp³-hybridized carbons (Fsp3) is 0.846. The number of hydrogen-bond acceptors (Lipinski definition) is 2. The highest BCUT2D eigenvalue weighted by Gasteiger charge is 2.31. The number of likely N-dealkylation sites (N-methyl/N-ethyl adjacent to an activating group) is 1. The molecule has 2 nitrogen and oxygen atoms in total. The van der Waals surface area contributed by atoms with E-state index in [1.54, 1.807) is 0 Å². The first-order valence-electron chi connectivity index (χ1n) is 5.85. The highest BCUT2D eigenvalue weighted by molar-refractivity contribution is 4.98. The Morgan fingerprint density at radius 3 is 2.47 bits per heavy atom. The van der Waals surface area contributed by atoms with Gasteiger partial charge >= 0.3 is 0 Å². The minimum atomic E-state index is -0.0705. The lowest BCUT2D eigenvalue weighted by Gasteiger charge is -2.36. The van der Waals surface area contributed by atoms with Gasteiger partial charge in [-0.15, -0.1) is 11.8 Å². The molecule has 0 aromatic heterocycles. The maximum Gasteiger partial charge on any atom is 0.0804 e. The summed E-state index contributed by atoms with van der Waals surface area (Å²) in [5.74, 6) is 6.04. The summed E-state index contributed by atoms with van der Waals surface area (Å²) >= 11 is 0. The van der Waals surface area contributed by atoms with Crippen LogP contribution in [0.5, 0.6) is 0 Å². The van der Waals surface area contributed by atoms with Crippen LogP contribution in [0.15, 0.2) is 0 Å². The smallest absolute Gasteiger partial charge is 0.0804 e. The zero-order chi connectivity index (χ0) is 11.7. The van der Waals surface area contributed by atoms with E-state index in [0.29, 0.717) is 6.04 Å². The van der Waals surface area contributed by atoms with E-state index in [2.05, 4.69) is 31.0 Å². The third-order valence-electron chi connectivity index (χ3n) is 3.00. The minimum absolute atomic E-state index is 0.0705. The van der Waals surface area contributed by atoms with Gasteiger partial charge in [-0.2, -0.15) is 0 Å². The van der Waals surface area contributed by atoms with Crippen LogP contribution in [0.1, 0.15) is 47.0 Å². The summed E-state index contributed by atoms with van der Waals surface area (Å²) in [5.41, 5.74) is -0.0705. The molecule has 0 heterocycles. The Hall–Kier alpha value is -0.520. The maximum absolute atomic E-state index is 5.85. The maximum atomic E-state index is 5.85. The highest BCUT2D eigenvalue weighted by Crippen LogP contribution is 2.23. The van der Waals surface area contributed by atoms with Gasteiger partial charge in [0.15, 0.2) is 0 Å². The molecule has 0 aliphatic carbocycles. The summed E-state index contributed by atoms with van der Waals surface area (Å²) in [5, 5.41) is 3.34. The summed E-state index contributed by atoms with van der Waals surface area (Å²) in [6.07, 6.45) is 3.00. The van der Waals surface area contributed by atoms with Crippen LogP contribution in [-0.2, 0) is 4.74 Å². The van der Waals surface area contributed by atoms with E-state index in [-0.39, 0.29) is 5.60 Å². The molecule has 88 valence electrons. The van der Waals surface area contributed by atoms with E-state index in [1.165, 1.54) is 0 Å². The molecule has 15 heavy (non-hydrogen) atoms. The van der Waals surface area contributed by atoms with Gasteiger partial charge < -0.3 is 10.1 Å². The van der Waals surface area contributed by atoms with Gasteiger partial charge in [0.25, 0.3) is 0 Å². The summed E-state index contributed by atoms with van der Waals surface area (Å²) < 4.78 is 5.85. The Bertz CT molecular complexity index is 216. The van der Waals surface area contributed by atoms with Crippen molar-refractivity contribution in [1.29, 1.82) is 0 Å². The van der Waals surface area contributed by atoms with Crippen molar-refractivity contribution in [3.8, 4) is 11.8 Å². The third-order valence-corrected chi connectivity index (χ3v) is 3.00. The van der Waals surface area contributed by atoms with E-state index in [4.69, 9.17) is 4.74 Å². The molecule has 1 N–H and O–H groups in total. The molecule has 2 heteroatoms. The van der Waals surface area contributed by atoms with E-state index >= 15 is 0 Å². The van der Waals surface area contributed by atoms with Gasteiger partial charge in [0.1, 0.15) is 0 Å². The Morgan fingerprint density at radius 1 is 1.40 bits per heavy atom. The molecule has 0 saturated carbocycles. The van der Waals surface area contributed by atoms with Crippen LogP contribution in [0.2, 0.25) is 0 Å². The average molecular weight is 211 g/mol. The van der Waals surface area contributed by atoms with E-state index in [0.717, 1.165) is 25.9 Å². The predicted octanol–water partition coefficient (Wildman–Crippen LogP) is 2.58. The molecular weight excluding hydrogens is 186 g/mol. The van der Waals surface area contributed by atoms with Crippen molar-refractivity contribution in [2.75, 3.05) is 13.7 Å². The van der Waals surface area contributed by atoms with Crippen molar-refractivity contribution in [3.63, 3.8) is 0 Å². The first-order chi connectivity index (χ1) is 7.14. The lowest BCUT2D eigenvalue weighted by molar-refractivity contribution is -0.0550. The highest BCUT2D eigenvalue weighted by atomic mass is 16.5. The Morgan fingerprint density at radius 2 is 2.07 bits per heavy atom. The second kappa shape index (κ2) is 7.73. The van der Waals surface area contributed by atoms with Gasteiger partial charge in [0.05, 0.1) is 5.60 Å². The van der Waals surface area contributed by atoms with Gasteiger partial charge in [-0.1, -0.05) is 6.92 Å². The van der Waals surface area contributed by atoms with Gasteiger partial charge in [0, 0.05) is 19.1 Å². The number of rotatable bonds is 7. The first kappa shape index (κ1) is 14.5. The van der Waals surface area contributed by atoms with Gasteiger partial charge in [-0.3, -0.25) is 0 Å². The van der Waals surface area contributed by atoms with Crippen molar-refractivity contribution in [3.05, 3.63) is 0 Å². The second-order valence-electron chi connectivity index (χ2n) is 3.91. The predicted molar refractivity (Wildman–Crippen MR) is 65.9 cm³/mol. The Balaban J connectivity index is 4.36. The molecule has 0 aromatic rings. The number of ether oxygens (including phenoxy) is 1. The van der Waals surface area contributed by atoms with Crippen molar-refractivity contribution >= 4 is 0 Å². The second-order valence-corrected chi connectivity index (χ2v) is 3.91. The van der Waals surface area contributed by atoms with Crippen molar-refractivity contribution < 1.29 is 4.74 Å². The fourth-order valence-corrected chi connectivity index (χ4v) is 1.88. The molecule has 2 atom stereocenters. The number of hydrogen-bond donors (Lipinski definition) is 1. The zero-order valence-corrected chi connectivity index (χ0v) is 10.8. The quantitative estimate of drug-likeness (QED) is 0.654. The van der Waals surface area contributed by atoms with Gasteiger partial charge in [-0.05, 0) is 40.7 Å². The van der Waals surface area contributed by atoms with Crippen molar-refractivity contribution in [1.82, 2.24) is 5.32 Å². The summed E-state index contributed by atoms with van der Waals surface area (Å²) in [7, 11) is 2.00. The molecule has 0 aromatic carbocycles. The van der Waals surface area contributed by atoms with E-state index < -0.39 is 0 Å². The fourth-order valence-electron chi connectivity index (χ4n) is 1.88. The van der Waals surface area contributed by atoms with Crippen LogP contribution in [0.4, 0.5) is 0 Å². The first-order valence-corrected chi connectivity index (χ1v) is 5.85. The van der Waals surface area contributed by atoms with Crippen LogP contribution in [0, 0.1) is 11.8 Å². The molecule has 0 saturated heterocycles. The van der Waals surface area contributed by atoms with Gasteiger partial charge in [0.2, 0.25) is 0 Å². The Kier molecular flexibility index (Phi) is 7.46. The van der Waals surface area contributed by atoms with Gasteiger partial charge in [-0.25, -0.2) is 0 Å². The summed E-state index contributed by atoms with van der Waals surface area (Å²) in [4.78, 5) is 0. The molecule has 0 bridgehead atoms. The van der Waals surface area contributed by atoms with Crippen molar-refractivity contribution in [2.24, 2.45) is 0 Å². The molecule has 0 fully saturated rings. The van der Waals surface area contributed by atoms with Crippen molar-refractivity contribution in [2.45, 2.75) is 58.6 Å². The van der Waals surface area contributed by atoms with E-state index in [1.807, 2.05) is 20.9 Å². The minimum Gasteiger partial charge on any atom is -0.374 e. The van der Waals surface area contributed by atoms with E-state index in [9.17, 15) is 0 Å². The Labute approximate surface area is 94.8 Å². The SMILES string of the molecule is CC#CCCC(NC)C(C)(CC)OCC. The monoisotopic (exact) mass is 211 g/mol. The summed E-state index contributed by atoms with van der Waals surface area (Å²) in [6.45, 7) is 9.05. The van der Waals surface area contributed by atoms with Crippen LogP contribution in [0.25, 0.3) is 0 Å². The lowest BCUT2D eigenvalue weighted by Crippen LogP contribution is -2.49. The summed E-state index contributed by atoms with van der Waals surface area (Å²) in [6, 6.07) is 0.378. The standard InChI is InChI=1S/C13H25NO/c1-6-9-10-11-12(14-5)13(4,7-2)15-8-3/h12,14H,7-8,10-11H2,1-5H3. The molecule has 0 aliphatic rings. The lowest BCUT2D eigenvalue weighted by atomic mass is 9.90. The van der Waals surface area contributed by atoms with Crippen LogP contribution in [-0.4, -0.2) is 25.3 Å². The molecule has 0 amide bonds. The van der Waals surface area contributed by atoms with Crippen LogP contribution in [0.3, 0.4) is 0 Å². The molecular formula is C13H25NO. The number of nitrogens with one attached hydrogen (secondary N) is 1. The average Bonchev–Trinajstić information content (AvgIpc) is 2.24. The topological polar surface area (TPSA) is 21.3 Å². The van der Waals surface area contributed by atoms with Crippen LogP contribution < -0.4 is 5.32 Å². The molecule has 0 spiro atoms. The molecule has 0 rings (SSSR count). The van der Waals surface area contributed by atoms with Crippen LogP contribution >= 0.6 is 0 Å². The normalized spacial score (nSPS) is 16.3. The third kappa shape index (κ3) is 4.68. The molecule has 0 radical (unpaired) electrons. The zero-order valence-electron chi connectivity index (χ0n) is 10.8.